The fourth-order valence-corrected chi connectivity index (χ4v) is 4.97. The molecule has 0 radical (unpaired) electrons. The minimum atomic E-state index is -5.08. The predicted octanol–water partition coefficient (Wildman–Crippen LogP) is 4.94. The van der Waals surface area contributed by atoms with Gasteiger partial charge in [0.25, 0.3) is 10.0 Å². The van der Waals surface area contributed by atoms with Gasteiger partial charge in [0.1, 0.15) is 5.82 Å². The number of carboxylic acid groups (broad SMARTS) is 2. The lowest BCUT2D eigenvalue weighted by molar-refractivity contribution is -0.192. The summed E-state index contributed by atoms with van der Waals surface area (Å²) in [5.41, 5.74) is 1.67. The Kier molecular flexibility index (Phi) is 9.48. The van der Waals surface area contributed by atoms with Crippen molar-refractivity contribution in [2.24, 2.45) is 0 Å². The van der Waals surface area contributed by atoms with E-state index in [4.69, 9.17) is 21.5 Å². The number of aromatic carboxylic acids is 1. The summed E-state index contributed by atoms with van der Waals surface area (Å²) in [6.45, 7) is 2.52. The number of hydrogen-bond acceptors (Lipinski definition) is 6. The quantitative estimate of drug-likeness (QED) is 0.338. The normalized spacial score (nSPS) is 13.7. The number of nitrogens with one attached hydrogen (secondary N) is 1. The molecule has 40 heavy (non-hydrogen) atoms. The zero-order valence-corrected chi connectivity index (χ0v) is 22.0. The largest absolute Gasteiger partial charge is 0.490 e. The van der Waals surface area contributed by atoms with Crippen LogP contribution in [0.3, 0.4) is 0 Å². The third-order valence-corrected chi connectivity index (χ3v) is 7.26. The van der Waals surface area contributed by atoms with Crippen LogP contribution in [0.4, 0.5) is 34.6 Å². The lowest BCUT2D eigenvalue weighted by atomic mass is 10.1. The molecule has 0 amide bonds. The third-order valence-electron chi connectivity index (χ3n) is 5.65. The van der Waals surface area contributed by atoms with E-state index in [9.17, 15) is 35.9 Å². The fraction of sp³-hybridized carbons (Fsp3) is 0.200. The smallest absolute Gasteiger partial charge is 0.478 e. The molecule has 1 heterocycles. The Morgan fingerprint density at radius 3 is 1.98 bits per heavy atom. The summed E-state index contributed by atoms with van der Waals surface area (Å²) in [6.07, 6.45) is -5.08. The molecule has 0 unspecified atom stereocenters. The van der Waals surface area contributed by atoms with Crippen LogP contribution in [0.5, 0.6) is 0 Å². The van der Waals surface area contributed by atoms with Crippen molar-refractivity contribution in [3.05, 3.63) is 83.1 Å². The molecule has 0 spiro atoms. The molecule has 0 bridgehead atoms. The maximum absolute atomic E-state index is 13.2. The molecule has 214 valence electrons. The molecule has 0 aliphatic carbocycles. The third kappa shape index (κ3) is 7.99. The van der Waals surface area contributed by atoms with Crippen LogP contribution in [0.2, 0.25) is 5.02 Å². The minimum Gasteiger partial charge on any atom is -0.478 e. The number of halogens is 5. The molecular weight excluding hydrogens is 582 g/mol. The highest BCUT2D eigenvalue weighted by Gasteiger charge is 2.38. The van der Waals surface area contributed by atoms with Crippen molar-refractivity contribution in [1.29, 1.82) is 0 Å². The van der Waals surface area contributed by atoms with E-state index in [0.29, 0.717) is 36.9 Å². The van der Waals surface area contributed by atoms with Crippen molar-refractivity contribution in [2.45, 2.75) is 11.1 Å². The van der Waals surface area contributed by atoms with E-state index in [-0.39, 0.29) is 16.1 Å². The van der Waals surface area contributed by atoms with Gasteiger partial charge in [-0.3, -0.25) is 4.72 Å². The Morgan fingerprint density at radius 1 is 0.875 bits per heavy atom. The van der Waals surface area contributed by atoms with E-state index in [1.165, 1.54) is 12.1 Å². The van der Waals surface area contributed by atoms with Gasteiger partial charge in [0.05, 0.1) is 21.8 Å². The number of anilines is 3. The Balaban J connectivity index is 0.000000559. The topological polar surface area (TPSA) is 127 Å². The van der Waals surface area contributed by atoms with E-state index in [0.717, 1.165) is 30.0 Å². The first-order chi connectivity index (χ1) is 18.7. The number of sulfonamides is 1. The highest BCUT2D eigenvalue weighted by atomic mass is 35.5. The molecule has 1 aliphatic rings. The molecule has 0 aromatic heterocycles. The maximum atomic E-state index is 13.2. The first-order valence-electron chi connectivity index (χ1n) is 11.4. The molecule has 0 saturated carbocycles. The SMILES string of the molecule is O=C(O)C(F)(F)F.O=C(O)c1ccc(N2CCN(c3cccc(Cl)c3)CC2)c(NS(=O)(=O)c2ccc(F)cc2)c1. The summed E-state index contributed by atoms with van der Waals surface area (Å²) in [5.74, 6) is -4.48. The van der Waals surface area contributed by atoms with E-state index >= 15 is 0 Å². The Morgan fingerprint density at radius 2 is 1.45 bits per heavy atom. The van der Waals surface area contributed by atoms with Gasteiger partial charge in [-0.25, -0.2) is 22.4 Å². The molecule has 15 heteroatoms. The van der Waals surface area contributed by atoms with Crippen LogP contribution in [0.15, 0.2) is 71.6 Å². The van der Waals surface area contributed by atoms with Crippen molar-refractivity contribution in [1.82, 2.24) is 0 Å². The van der Waals surface area contributed by atoms with Crippen molar-refractivity contribution < 1.29 is 45.8 Å². The van der Waals surface area contributed by atoms with Crippen molar-refractivity contribution in [3.8, 4) is 0 Å². The van der Waals surface area contributed by atoms with E-state index in [1.807, 2.05) is 29.2 Å². The molecule has 3 N–H and O–H groups in total. The molecule has 3 aromatic carbocycles. The number of rotatable bonds is 6. The number of benzene rings is 3. The fourth-order valence-electron chi connectivity index (χ4n) is 3.72. The molecule has 1 aliphatic heterocycles. The number of hydrogen-bond donors (Lipinski definition) is 3. The first-order valence-corrected chi connectivity index (χ1v) is 13.2. The van der Waals surface area contributed by atoms with Crippen molar-refractivity contribution in [2.75, 3.05) is 40.7 Å². The second kappa shape index (κ2) is 12.4. The Bertz CT molecular complexity index is 1480. The average molecular weight is 604 g/mol. The highest BCUT2D eigenvalue weighted by molar-refractivity contribution is 7.92. The predicted molar refractivity (Wildman–Crippen MR) is 140 cm³/mol. The zero-order valence-electron chi connectivity index (χ0n) is 20.4. The second-order valence-corrected chi connectivity index (χ2v) is 10.5. The van der Waals surface area contributed by atoms with Gasteiger partial charge in [0, 0.05) is 36.9 Å². The molecule has 9 nitrogen and oxygen atoms in total. The zero-order chi connectivity index (χ0) is 29.7. The lowest BCUT2D eigenvalue weighted by Crippen LogP contribution is -2.46. The molecule has 1 fully saturated rings. The van der Waals surface area contributed by atoms with E-state index < -0.39 is 34.0 Å². The molecule has 4 rings (SSSR count). The van der Waals surface area contributed by atoms with Crippen LogP contribution >= 0.6 is 11.6 Å². The maximum Gasteiger partial charge on any atom is 0.490 e. The van der Waals surface area contributed by atoms with Crippen molar-refractivity contribution in [3.63, 3.8) is 0 Å². The standard InChI is InChI=1S/C23H21ClFN3O4S.C2HF3O2/c24-17-2-1-3-19(15-17)27-10-12-28(13-11-27)22-9-4-16(23(29)30)14-21(22)26-33(31,32)20-7-5-18(25)6-8-20;3-2(4,5)1(6)7/h1-9,14-15,26H,10-13H2,(H,29,30);(H,6,7). The summed E-state index contributed by atoms with van der Waals surface area (Å²) in [5, 5.41) is 17.2. The highest BCUT2D eigenvalue weighted by Crippen LogP contribution is 2.31. The molecule has 3 aromatic rings. The van der Waals surface area contributed by atoms with Crippen LogP contribution < -0.4 is 14.5 Å². The van der Waals surface area contributed by atoms with Crippen LogP contribution in [0.25, 0.3) is 0 Å². The summed E-state index contributed by atoms with van der Waals surface area (Å²) in [7, 11) is -4.05. The number of piperazine rings is 1. The number of carbonyl (C=O) groups is 2. The average Bonchev–Trinajstić information content (AvgIpc) is 2.88. The number of aliphatic carboxylic acids is 1. The Labute approximate surface area is 231 Å². The summed E-state index contributed by atoms with van der Waals surface area (Å²) >= 11 is 6.10. The van der Waals surface area contributed by atoms with Gasteiger partial charge in [-0.15, -0.1) is 0 Å². The van der Waals surface area contributed by atoms with Gasteiger partial charge in [0.15, 0.2) is 0 Å². The Hall–Kier alpha value is -4.04. The van der Waals surface area contributed by atoms with Crippen LogP contribution in [0, 0.1) is 5.82 Å². The monoisotopic (exact) mass is 603 g/mol. The first kappa shape index (κ1) is 30.5. The number of carboxylic acids is 2. The van der Waals surface area contributed by atoms with Gasteiger partial charge in [-0.1, -0.05) is 17.7 Å². The van der Waals surface area contributed by atoms with Crippen LogP contribution in [-0.4, -0.2) is 62.9 Å². The number of nitrogens with zero attached hydrogens (tertiary/aromatic N) is 2. The molecule has 1 saturated heterocycles. The van der Waals surface area contributed by atoms with Crippen LogP contribution in [0.1, 0.15) is 10.4 Å². The second-order valence-electron chi connectivity index (χ2n) is 8.35. The van der Waals surface area contributed by atoms with Crippen LogP contribution in [-0.2, 0) is 14.8 Å². The van der Waals surface area contributed by atoms with Gasteiger partial charge in [-0.05, 0) is 60.7 Å². The summed E-state index contributed by atoms with van der Waals surface area (Å²) in [6, 6.07) is 16.3. The number of alkyl halides is 3. The van der Waals surface area contributed by atoms with Gasteiger partial charge < -0.3 is 20.0 Å². The summed E-state index contributed by atoms with van der Waals surface area (Å²) < 4.78 is 73.2. The summed E-state index contributed by atoms with van der Waals surface area (Å²) in [4.78, 5) is 24.4. The van der Waals surface area contributed by atoms with Gasteiger partial charge in [-0.2, -0.15) is 13.2 Å². The van der Waals surface area contributed by atoms with Gasteiger partial charge in [0.2, 0.25) is 0 Å². The molecular formula is C25H22ClF4N3O6S. The lowest BCUT2D eigenvalue weighted by Gasteiger charge is -2.38. The molecule has 0 atom stereocenters. The van der Waals surface area contributed by atoms with E-state index in [1.54, 1.807) is 6.07 Å². The van der Waals surface area contributed by atoms with Gasteiger partial charge >= 0.3 is 18.1 Å². The van der Waals surface area contributed by atoms with Crippen molar-refractivity contribution >= 4 is 50.6 Å². The van der Waals surface area contributed by atoms with E-state index in [2.05, 4.69) is 9.62 Å². The minimum absolute atomic E-state index is 0.0480.